The Morgan fingerprint density at radius 2 is 1.84 bits per heavy atom. The summed E-state index contributed by atoms with van der Waals surface area (Å²) in [5, 5.41) is 3.86. The Kier molecular flexibility index (Phi) is 4.37. The number of hydrogen-bond acceptors (Lipinski definition) is 5. The van der Waals surface area contributed by atoms with Crippen LogP contribution in [0.3, 0.4) is 0 Å². The Balaban J connectivity index is 2.17. The van der Waals surface area contributed by atoms with Crippen molar-refractivity contribution < 1.29 is 19.1 Å². The zero-order valence-electron chi connectivity index (χ0n) is 14.6. The van der Waals surface area contributed by atoms with Crippen LogP contribution >= 0.6 is 11.6 Å². The summed E-state index contributed by atoms with van der Waals surface area (Å²) in [7, 11) is 2.76. The molecule has 1 aromatic rings. The molecule has 2 aliphatic heterocycles. The molecule has 7 heteroatoms. The minimum Gasteiger partial charge on any atom is -0.468 e. The number of esters is 1. The number of nitrogens with one attached hydrogen (secondary N) is 1. The van der Waals surface area contributed by atoms with E-state index in [4.69, 9.17) is 16.3 Å². The maximum Gasteiger partial charge on any atom is 0.327 e. The molecule has 0 aliphatic carbocycles. The fourth-order valence-corrected chi connectivity index (χ4v) is 4.29. The number of ether oxygens (including phenoxy) is 1. The number of fused-ring (bicyclic) bond motifs is 1. The first-order valence-electron chi connectivity index (χ1n) is 8.18. The minimum absolute atomic E-state index is 0.243. The highest BCUT2D eigenvalue weighted by Crippen LogP contribution is 2.51. The van der Waals surface area contributed by atoms with Crippen molar-refractivity contribution in [2.24, 2.45) is 17.8 Å². The van der Waals surface area contributed by atoms with Crippen LogP contribution in [0.25, 0.3) is 0 Å². The Labute approximate surface area is 151 Å². The van der Waals surface area contributed by atoms with Gasteiger partial charge in [0.1, 0.15) is 5.54 Å². The molecule has 2 heterocycles. The molecule has 0 bridgehead atoms. The van der Waals surface area contributed by atoms with Crippen molar-refractivity contribution in [3.63, 3.8) is 0 Å². The molecule has 2 fully saturated rings. The molecule has 25 heavy (non-hydrogen) atoms. The second-order valence-electron chi connectivity index (χ2n) is 6.93. The largest absolute Gasteiger partial charge is 0.468 e. The van der Waals surface area contributed by atoms with Gasteiger partial charge in [0.2, 0.25) is 11.8 Å². The summed E-state index contributed by atoms with van der Waals surface area (Å²) in [5.74, 6) is -2.84. The van der Waals surface area contributed by atoms with Gasteiger partial charge in [0.15, 0.2) is 0 Å². The standard InChI is InChI=1S/C18H21ClN2O4/c1-9(2)18(17(24)25-4)13-12(15(22)21(3)16(13)23)14(20-18)10-5-7-11(19)8-6-10/h5-9,12-14,20H,1-4H3/t12-,13-,14+,18+/m0/s1. The van der Waals surface area contributed by atoms with E-state index in [0.717, 1.165) is 10.5 Å². The fourth-order valence-electron chi connectivity index (χ4n) is 4.16. The molecule has 2 aliphatic rings. The third-order valence-corrected chi connectivity index (χ3v) is 5.73. The topological polar surface area (TPSA) is 75.7 Å². The van der Waals surface area contributed by atoms with Crippen molar-refractivity contribution in [2.75, 3.05) is 14.2 Å². The highest BCUT2D eigenvalue weighted by Gasteiger charge is 2.69. The lowest BCUT2D eigenvalue weighted by molar-refractivity contribution is -0.156. The van der Waals surface area contributed by atoms with Gasteiger partial charge in [0.05, 0.1) is 18.9 Å². The highest BCUT2D eigenvalue weighted by atomic mass is 35.5. The molecule has 0 saturated carbocycles. The predicted molar refractivity (Wildman–Crippen MR) is 91.7 cm³/mol. The van der Waals surface area contributed by atoms with Crippen LogP contribution in [0.5, 0.6) is 0 Å². The Hall–Kier alpha value is -1.92. The van der Waals surface area contributed by atoms with Gasteiger partial charge in [0.25, 0.3) is 0 Å². The number of carbonyl (C=O) groups is 3. The van der Waals surface area contributed by atoms with E-state index in [2.05, 4.69) is 5.32 Å². The maximum atomic E-state index is 12.8. The predicted octanol–water partition coefficient (Wildman–Crippen LogP) is 1.78. The van der Waals surface area contributed by atoms with Gasteiger partial charge in [-0.25, -0.2) is 0 Å². The smallest absolute Gasteiger partial charge is 0.327 e. The summed E-state index contributed by atoms with van der Waals surface area (Å²) in [4.78, 5) is 39.4. The molecule has 6 nitrogen and oxygen atoms in total. The molecule has 1 N–H and O–H groups in total. The van der Waals surface area contributed by atoms with Gasteiger partial charge in [-0.05, 0) is 23.6 Å². The quantitative estimate of drug-likeness (QED) is 0.653. The first-order chi connectivity index (χ1) is 11.8. The number of halogens is 1. The Bertz CT molecular complexity index is 733. The van der Waals surface area contributed by atoms with Gasteiger partial charge in [0, 0.05) is 18.1 Å². The van der Waals surface area contributed by atoms with E-state index in [1.807, 2.05) is 13.8 Å². The molecule has 3 rings (SSSR count). The molecule has 1 aromatic carbocycles. The number of methoxy groups -OCH3 is 1. The van der Waals surface area contributed by atoms with Crippen LogP contribution in [0.2, 0.25) is 5.02 Å². The molecule has 0 aromatic heterocycles. The molecule has 134 valence electrons. The van der Waals surface area contributed by atoms with Gasteiger partial charge >= 0.3 is 5.97 Å². The number of rotatable bonds is 3. The van der Waals surface area contributed by atoms with Crippen molar-refractivity contribution in [3.05, 3.63) is 34.9 Å². The molecular formula is C18H21ClN2O4. The van der Waals surface area contributed by atoms with E-state index in [1.54, 1.807) is 24.3 Å². The van der Waals surface area contributed by atoms with Gasteiger partial charge < -0.3 is 4.74 Å². The maximum absolute atomic E-state index is 12.8. The number of likely N-dealkylation sites (tertiary alicyclic amines) is 1. The lowest BCUT2D eigenvalue weighted by atomic mass is 9.73. The summed E-state index contributed by atoms with van der Waals surface area (Å²) < 4.78 is 5.02. The first kappa shape index (κ1) is 17.9. The average Bonchev–Trinajstić information content (AvgIpc) is 3.06. The van der Waals surface area contributed by atoms with E-state index in [1.165, 1.54) is 14.2 Å². The number of imide groups is 1. The van der Waals surface area contributed by atoms with Crippen LogP contribution < -0.4 is 5.32 Å². The Morgan fingerprint density at radius 1 is 1.24 bits per heavy atom. The van der Waals surface area contributed by atoms with E-state index in [9.17, 15) is 14.4 Å². The highest BCUT2D eigenvalue weighted by molar-refractivity contribution is 6.30. The summed E-state index contributed by atoms with van der Waals surface area (Å²) >= 11 is 5.96. The molecular weight excluding hydrogens is 344 g/mol. The third kappa shape index (κ3) is 2.39. The van der Waals surface area contributed by atoms with Gasteiger partial charge in [-0.2, -0.15) is 0 Å². The van der Waals surface area contributed by atoms with E-state index in [-0.39, 0.29) is 17.7 Å². The van der Waals surface area contributed by atoms with Gasteiger partial charge in [-0.15, -0.1) is 0 Å². The second kappa shape index (κ2) is 6.11. The summed E-state index contributed by atoms with van der Waals surface area (Å²) in [6.07, 6.45) is 0. The number of amides is 2. The van der Waals surface area contributed by atoms with E-state index in [0.29, 0.717) is 5.02 Å². The van der Waals surface area contributed by atoms with Crippen LogP contribution in [0, 0.1) is 17.8 Å². The summed E-state index contributed by atoms with van der Waals surface area (Å²) in [6, 6.07) is 6.60. The monoisotopic (exact) mass is 364 g/mol. The number of nitrogens with zero attached hydrogens (tertiary/aromatic N) is 1. The second-order valence-corrected chi connectivity index (χ2v) is 7.36. The van der Waals surface area contributed by atoms with Crippen molar-refractivity contribution in [2.45, 2.75) is 25.4 Å². The molecule has 0 unspecified atom stereocenters. The van der Waals surface area contributed by atoms with Crippen molar-refractivity contribution >= 4 is 29.4 Å². The first-order valence-corrected chi connectivity index (χ1v) is 8.56. The lowest BCUT2D eigenvalue weighted by Crippen LogP contribution is -2.59. The number of benzene rings is 1. The molecule has 2 saturated heterocycles. The summed E-state index contributed by atoms with van der Waals surface area (Å²) in [5.41, 5.74) is -0.441. The van der Waals surface area contributed by atoms with E-state index < -0.39 is 29.4 Å². The average molecular weight is 365 g/mol. The lowest BCUT2D eigenvalue weighted by Gasteiger charge is -2.35. The Morgan fingerprint density at radius 3 is 2.36 bits per heavy atom. The van der Waals surface area contributed by atoms with Crippen LogP contribution in [-0.4, -0.2) is 42.4 Å². The van der Waals surface area contributed by atoms with Crippen LogP contribution in [-0.2, 0) is 19.1 Å². The minimum atomic E-state index is -1.25. The van der Waals surface area contributed by atoms with Crippen LogP contribution in [0.15, 0.2) is 24.3 Å². The van der Waals surface area contributed by atoms with Gasteiger partial charge in [-0.1, -0.05) is 37.6 Å². The van der Waals surface area contributed by atoms with Crippen LogP contribution in [0.4, 0.5) is 0 Å². The third-order valence-electron chi connectivity index (χ3n) is 5.48. The molecule has 0 radical (unpaired) electrons. The zero-order chi connectivity index (χ0) is 18.5. The van der Waals surface area contributed by atoms with Crippen molar-refractivity contribution in [3.8, 4) is 0 Å². The van der Waals surface area contributed by atoms with Crippen molar-refractivity contribution in [1.29, 1.82) is 0 Å². The van der Waals surface area contributed by atoms with Gasteiger partial charge in [-0.3, -0.25) is 24.6 Å². The van der Waals surface area contributed by atoms with Crippen LogP contribution in [0.1, 0.15) is 25.5 Å². The number of hydrogen-bond donors (Lipinski definition) is 1. The SMILES string of the molecule is COC(=O)[C@]1(C(C)C)N[C@H](c2ccc(Cl)cc2)[C@H]2C(=O)N(C)C(=O)[C@H]21. The molecule has 2 amide bonds. The fraction of sp³-hybridized carbons (Fsp3) is 0.500. The van der Waals surface area contributed by atoms with E-state index >= 15 is 0 Å². The van der Waals surface area contributed by atoms with Crippen molar-refractivity contribution in [1.82, 2.24) is 10.2 Å². The summed E-state index contributed by atoms with van der Waals surface area (Å²) in [6.45, 7) is 3.70. The molecule has 4 atom stereocenters. The molecule has 0 spiro atoms. The normalized spacial score (nSPS) is 31.6. The number of carbonyl (C=O) groups excluding carboxylic acids is 3. The zero-order valence-corrected chi connectivity index (χ0v) is 15.3.